The van der Waals surface area contributed by atoms with Crippen LogP contribution in [0.25, 0.3) is 0 Å². The van der Waals surface area contributed by atoms with Gasteiger partial charge in [-0.3, -0.25) is 4.99 Å². The zero-order chi connectivity index (χ0) is 18.4. The number of guanidine groups is 1. The maximum absolute atomic E-state index is 4.55. The van der Waals surface area contributed by atoms with Crippen LogP contribution in [0, 0.1) is 5.41 Å². The maximum Gasteiger partial charge on any atom is 0.193 e. The van der Waals surface area contributed by atoms with E-state index in [2.05, 4.69) is 43.8 Å². The first kappa shape index (κ1) is 19.2. The molecule has 1 saturated heterocycles. The standard InChI is InChI=1S/C20H36N6/c1-4-11-20(2)12-8-14-25(16-20)19(21-3)22-13-10-18-24-23-17-9-6-5-7-15-26(17)18/h4-16H2,1-3H3,(H,21,22). The number of hydrogen-bond donors (Lipinski definition) is 1. The average Bonchev–Trinajstić information content (AvgIpc) is 2.85. The van der Waals surface area contributed by atoms with E-state index < -0.39 is 0 Å². The second kappa shape index (κ2) is 8.87. The van der Waals surface area contributed by atoms with E-state index in [1.807, 2.05) is 7.05 Å². The molecule has 3 rings (SSSR count). The highest BCUT2D eigenvalue weighted by Crippen LogP contribution is 2.33. The molecule has 0 radical (unpaired) electrons. The lowest BCUT2D eigenvalue weighted by molar-refractivity contribution is 0.142. The fourth-order valence-corrected chi connectivity index (χ4v) is 4.65. The molecule has 1 atom stereocenters. The third kappa shape index (κ3) is 4.57. The normalized spacial score (nSPS) is 24.3. The molecule has 1 aromatic rings. The lowest BCUT2D eigenvalue weighted by Crippen LogP contribution is -2.50. The number of aryl methyl sites for hydroxylation is 1. The largest absolute Gasteiger partial charge is 0.356 e. The van der Waals surface area contributed by atoms with Gasteiger partial charge in [-0.05, 0) is 37.5 Å². The number of nitrogens with one attached hydrogen (secondary N) is 1. The van der Waals surface area contributed by atoms with Crippen LogP contribution in [-0.2, 0) is 19.4 Å². The van der Waals surface area contributed by atoms with E-state index in [4.69, 9.17) is 0 Å². The van der Waals surface area contributed by atoms with Crippen molar-refractivity contribution in [2.45, 2.75) is 78.2 Å². The van der Waals surface area contributed by atoms with Crippen molar-refractivity contribution in [2.75, 3.05) is 26.7 Å². The molecule has 1 fully saturated rings. The van der Waals surface area contributed by atoms with Gasteiger partial charge in [-0.1, -0.05) is 26.7 Å². The molecule has 6 nitrogen and oxygen atoms in total. The van der Waals surface area contributed by atoms with Crippen LogP contribution in [0.4, 0.5) is 0 Å². The quantitative estimate of drug-likeness (QED) is 0.648. The van der Waals surface area contributed by atoms with Crippen molar-refractivity contribution in [1.82, 2.24) is 25.0 Å². The van der Waals surface area contributed by atoms with Gasteiger partial charge in [0.25, 0.3) is 0 Å². The molecule has 26 heavy (non-hydrogen) atoms. The molecule has 1 N–H and O–H groups in total. The summed E-state index contributed by atoms with van der Waals surface area (Å²) >= 11 is 0. The van der Waals surface area contributed by atoms with Crippen LogP contribution in [0.15, 0.2) is 4.99 Å². The zero-order valence-corrected chi connectivity index (χ0v) is 16.9. The second-order valence-corrected chi connectivity index (χ2v) is 8.30. The summed E-state index contributed by atoms with van der Waals surface area (Å²) in [5, 5.41) is 12.4. The molecule has 0 saturated carbocycles. The first-order valence-electron chi connectivity index (χ1n) is 10.5. The number of piperidine rings is 1. The number of rotatable bonds is 5. The van der Waals surface area contributed by atoms with E-state index in [1.165, 1.54) is 50.8 Å². The molecule has 3 heterocycles. The first-order chi connectivity index (χ1) is 12.6. The zero-order valence-electron chi connectivity index (χ0n) is 16.9. The minimum atomic E-state index is 0.426. The highest BCUT2D eigenvalue weighted by Gasteiger charge is 2.31. The molecule has 0 spiro atoms. The van der Waals surface area contributed by atoms with Crippen molar-refractivity contribution in [3.63, 3.8) is 0 Å². The monoisotopic (exact) mass is 360 g/mol. The Morgan fingerprint density at radius 3 is 2.88 bits per heavy atom. The predicted octanol–water partition coefficient (Wildman–Crippen LogP) is 3.02. The minimum absolute atomic E-state index is 0.426. The Hall–Kier alpha value is -1.59. The Balaban J connectivity index is 1.54. The highest BCUT2D eigenvalue weighted by molar-refractivity contribution is 5.80. The van der Waals surface area contributed by atoms with Gasteiger partial charge in [-0.2, -0.15) is 0 Å². The van der Waals surface area contributed by atoms with Crippen molar-refractivity contribution in [3.05, 3.63) is 11.6 Å². The van der Waals surface area contributed by atoms with Gasteiger partial charge in [0, 0.05) is 46.1 Å². The van der Waals surface area contributed by atoms with Gasteiger partial charge < -0.3 is 14.8 Å². The van der Waals surface area contributed by atoms with Gasteiger partial charge in [-0.25, -0.2) is 0 Å². The number of aromatic nitrogens is 3. The Kier molecular flexibility index (Phi) is 6.54. The number of aliphatic imine (C=N–C) groups is 1. The first-order valence-corrected chi connectivity index (χ1v) is 10.5. The van der Waals surface area contributed by atoms with Crippen molar-refractivity contribution in [3.8, 4) is 0 Å². The van der Waals surface area contributed by atoms with E-state index in [0.717, 1.165) is 50.8 Å². The molecule has 146 valence electrons. The summed E-state index contributed by atoms with van der Waals surface area (Å²) in [4.78, 5) is 7.00. The van der Waals surface area contributed by atoms with Crippen LogP contribution in [0.3, 0.4) is 0 Å². The van der Waals surface area contributed by atoms with Crippen molar-refractivity contribution in [1.29, 1.82) is 0 Å². The summed E-state index contributed by atoms with van der Waals surface area (Å²) in [5.74, 6) is 3.34. The van der Waals surface area contributed by atoms with Crippen LogP contribution >= 0.6 is 0 Å². The van der Waals surface area contributed by atoms with Gasteiger partial charge in [-0.15, -0.1) is 10.2 Å². The molecule has 0 aromatic carbocycles. The minimum Gasteiger partial charge on any atom is -0.356 e. The lowest BCUT2D eigenvalue weighted by Gasteiger charge is -2.42. The number of hydrogen-bond acceptors (Lipinski definition) is 3. The topological polar surface area (TPSA) is 58.3 Å². The predicted molar refractivity (Wildman–Crippen MR) is 106 cm³/mol. The van der Waals surface area contributed by atoms with E-state index in [-0.39, 0.29) is 0 Å². The van der Waals surface area contributed by atoms with E-state index in [0.29, 0.717) is 5.41 Å². The summed E-state index contributed by atoms with van der Waals surface area (Å²) in [6.45, 7) is 8.89. The van der Waals surface area contributed by atoms with Gasteiger partial charge in [0.2, 0.25) is 0 Å². The molecular formula is C20H36N6. The molecule has 2 aliphatic rings. The molecule has 0 bridgehead atoms. The second-order valence-electron chi connectivity index (χ2n) is 8.30. The van der Waals surface area contributed by atoms with Crippen LogP contribution in [0.1, 0.15) is 70.4 Å². The highest BCUT2D eigenvalue weighted by atomic mass is 15.3. The molecule has 0 amide bonds. The summed E-state index contributed by atoms with van der Waals surface area (Å²) in [6, 6.07) is 0. The molecule has 2 aliphatic heterocycles. The Morgan fingerprint density at radius 1 is 1.19 bits per heavy atom. The molecule has 1 unspecified atom stereocenters. The number of fused-ring (bicyclic) bond motifs is 1. The van der Waals surface area contributed by atoms with Gasteiger partial charge in [0.1, 0.15) is 11.6 Å². The van der Waals surface area contributed by atoms with Gasteiger partial charge >= 0.3 is 0 Å². The third-order valence-corrected chi connectivity index (χ3v) is 5.96. The summed E-state index contributed by atoms with van der Waals surface area (Å²) in [6.07, 6.45) is 10.9. The smallest absolute Gasteiger partial charge is 0.193 e. The van der Waals surface area contributed by atoms with Crippen LogP contribution < -0.4 is 5.32 Å². The van der Waals surface area contributed by atoms with Crippen molar-refractivity contribution < 1.29 is 0 Å². The Morgan fingerprint density at radius 2 is 2.08 bits per heavy atom. The average molecular weight is 361 g/mol. The molecule has 6 heteroatoms. The van der Waals surface area contributed by atoms with Crippen molar-refractivity contribution in [2.24, 2.45) is 10.4 Å². The molecular weight excluding hydrogens is 324 g/mol. The van der Waals surface area contributed by atoms with E-state index >= 15 is 0 Å². The summed E-state index contributed by atoms with van der Waals surface area (Å²) in [5.41, 5.74) is 0.426. The van der Waals surface area contributed by atoms with Crippen LogP contribution in [0.2, 0.25) is 0 Å². The summed E-state index contributed by atoms with van der Waals surface area (Å²) in [7, 11) is 1.90. The SMILES string of the molecule is CCCC1(C)CCCN(C(=NC)NCCc2nnc3n2CCCCC3)C1. The number of nitrogens with zero attached hydrogens (tertiary/aromatic N) is 5. The number of likely N-dealkylation sites (tertiary alicyclic amines) is 1. The van der Waals surface area contributed by atoms with Crippen LogP contribution in [0.5, 0.6) is 0 Å². The Labute approximate surface area is 158 Å². The maximum atomic E-state index is 4.55. The third-order valence-electron chi connectivity index (χ3n) is 5.96. The molecule has 1 aromatic heterocycles. The van der Waals surface area contributed by atoms with Gasteiger partial charge in [0.15, 0.2) is 5.96 Å². The van der Waals surface area contributed by atoms with E-state index in [9.17, 15) is 0 Å². The van der Waals surface area contributed by atoms with E-state index in [1.54, 1.807) is 0 Å². The summed E-state index contributed by atoms with van der Waals surface area (Å²) < 4.78 is 2.34. The fourth-order valence-electron chi connectivity index (χ4n) is 4.65. The lowest BCUT2D eigenvalue weighted by atomic mass is 9.78. The van der Waals surface area contributed by atoms with Crippen molar-refractivity contribution >= 4 is 5.96 Å². The Bertz CT molecular complexity index is 603. The molecule has 0 aliphatic carbocycles. The fraction of sp³-hybridized carbons (Fsp3) is 0.850. The van der Waals surface area contributed by atoms with Gasteiger partial charge in [0.05, 0.1) is 0 Å². The van der Waals surface area contributed by atoms with Crippen LogP contribution in [-0.4, -0.2) is 52.3 Å².